The fourth-order valence-corrected chi connectivity index (χ4v) is 2.44. The zero-order valence-corrected chi connectivity index (χ0v) is 11.3. The number of carbonyl (C=O) groups excluding carboxylic acids is 1. The number of benzene rings is 1. The number of nitrogens with two attached hydrogens (primary N) is 1. The van der Waals surface area contributed by atoms with Gasteiger partial charge in [0, 0.05) is 17.1 Å². The van der Waals surface area contributed by atoms with Gasteiger partial charge in [-0.15, -0.1) is 0 Å². The summed E-state index contributed by atoms with van der Waals surface area (Å²) in [5, 5.41) is 10.7. The number of aromatic nitrogens is 2. The fraction of sp³-hybridized carbons (Fsp3) is 0. The molecule has 0 bridgehead atoms. The predicted octanol–water partition coefficient (Wildman–Crippen LogP) is 2.77. The van der Waals surface area contributed by atoms with Crippen molar-refractivity contribution in [3.63, 3.8) is 0 Å². The number of nitrogens with one attached hydrogen (secondary N) is 1. The van der Waals surface area contributed by atoms with Gasteiger partial charge in [0.05, 0.1) is 17.4 Å². The van der Waals surface area contributed by atoms with Crippen LogP contribution in [0, 0.1) is 0 Å². The van der Waals surface area contributed by atoms with E-state index >= 15 is 0 Å². The number of carbonyl (C=O) groups is 1. The highest BCUT2D eigenvalue weighted by Gasteiger charge is 2.10. The molecule has 6 heteroatoms. The lowest BCUT2D eigenvalue weighted by molar-refractivity contribution is 0.102. The number of thiophene rings is 1. The molecule has 3 aromatic rings. The number of nitrogen functional groups attached to an aromatic ring is 1. The number of rotatable bonds is 3. The monoisotopic (exact) mass is 284 g/mol. The van der Waals surface area contributed by atoms with E-state index in [1.807, 2.05) is 17.5 Å². The summed E-state index contributed by atoms with van der Waals surface area (Å²) in [5.41, 5.74) is 7.83. The Labute approximate surface area is 119 Å². The summed E-state index contributed by atoms with van der Waals surface area (Å²) in [6, 6.07) is 10.8. The molecule has 0 radical (unpaired) electrons. The second-order valence-electron chi connectivity index (χ2n) is 4.19. The summed E-state index contributed by atoms with van der Waals surface area (Å²) in [6.45, 7) is 0. The normalized spacial score (nSPS) is 10.4. The van der Waals surface area contributed by atoms with Crippen molar-refractivity contribution in [3.05, 3.63) is 58.9 Å². The highest BCUT2D eigenvalue weighted by Crippen LogP contribution is 2.17. The number of amides is 1. The number of nitrogens with zero attached hydrogens (tertiary/aromatic N) is 2. The smallest absolute Gasteiger partial charge is 0.257 e. The van der Waals surface area contributed by atoms with E-state index in [1.54, 1.807) is 40.5 Å². The minimum Gasteiger partial charge on any atom is -0.399 e. The quantitative estimate of drug-likeness (QED) is 0.726. The van der Waals surface area contributed by atoms with Crippen LogP contribution in [0.25, 0.3) is 5.69 Å². The van der Waals surface area contributed by atoms with Crippen molar-refractivity contribution in [2.45, 2.75) is 0 Å². The van der Waals surface area contributed by atoms with Crippen LogP contribution in [0.15, 0.2) is 53.4 Å². The van der Waals surface area contributed by atoms with E-state index in [0.717, 1.165) is 5.69 Å². The van der Waals surface area contributed by atoms with Crippen molar-refractivity contribution in [3.8, 4) is 5.69 Å². The lowest BCUT2D eigenvalue weighted by Gasteiger charge is -2.08. The summed E-state index contributed by atoms with van der Waals surface area (Å²) < 4.78 is 1.66. The third-order valence-electron chi connectivity index (χ3n) is 2.81. The van der Waals surface area contributed by atoms with Crippen LogP contribution in [-0.2, 0) is 0 Å². The van der Waals surface area contributed by atoms with Gasteiger partial charge in [-0.3, -0.25) is 4.79 Å². The minimum atomic E-state index is -0.150. The van der Waals surface area contributed by atoms with Crippen LogP contribution in [-0.4, -0.2) is 15.7 Å². The van der Waals surface area contributed by atoms with Crippen LogP contribution in [0.5, 0.6) is 0 Å². The van der Waals surface area contributed by atoms with Gasteiger partial charge in [0.25, 0.3) is 5.91 Å². The third kappa shape index (κ3) is 2.41. The van der Waals surface area contributed by atoms with E-state index in [-0.39, 0.29) is 5.91 Å². The molecule has 0 aliphatic heterocycles. The van der Waals surface area contributed by atoms with Gasteiger partial charge >= 0.3 is 0 Å². The Morgan fingerprint density at radius 3 is 2.70 bits per heavy atom. The Hall–Kier alpha value is -2.60. The summed E-state index contributed by atoms with van der Waals surface area (Å²) in [6.07, 6.45) is 1.64. The SMILES string of the molecule is Nc1ccc(-n2nccc2NC(=O)c2ccsc2)cc1. The molecule has 0 aliphatic rings. The third-order valence-corrected chi connectivity index (χ3v) is 3.49. The Morgan fingerprint density at radius 1 is 1.20 bits per heavy atom. The molecular weight excluding hydrogens is 272 g/mol. The van der Waals surface area contributed by atoms with E-state index in [4.69, 9.17) is 5.73 Å². The summed E-state index contributed by atoms with van der Waals surface area (Å²) >= 11 is 1.49. The molecule has 1 amide bonds. The predicted molar refractivity (Wildman–Crippen MR) is 80.2 cm³/mol. The van der Waals surface area contributed by atoms with E-state index < -0.39 is 0 Å². The standard InChI is InChI=1S/C14H12N4OS/c15-11-1-3-12(4-2-11)18-13(5-7-16-18)17-14(19)10-6-8-20-9-10/h1-9H,15H2,(H,17,19). The topological polar surface area (TPSA) is 72.9 Å². The lowest BCUT2D eigenvalue weighted by atomic mass is 10.3. The Bertz CT molecular complexity index is 716. The highest BCUT2D eigenvalue weighted by atomic mass is 32.1. The molecule has 20 heavy (non-hydrogen) atoms. The average molecular weight is 284 g/mol. The number of hydrogen-bond donors (Lipinski definition) is 2. The second-order valence-corrected chi connectivity index (χ2v) is 4.97. The van der Waals surface area contributed by atoms with E-state index in [1.165, 1.54) is 11.3 Å². The molecule has 5 nitrogen and oxygen atoms in total. The zero-order chi connectivity index (χ0) is 13.9. The number of hydrogen-bond acceptors (Lipinski definition) is 4. The maximum atomic E-state index is 12.0. The first-order valence-electron chi connectivity index (χ1n) is 5.97. The molecular formula is C14H12N4OS. The average Bonchev–Trinajstić information content (AvgIpc) is 3.10. The molecule has 100 valence electrons. The largest absolute Gasteiger partial charge is 0.399 e. The molecule has 0 aliphatic carbocycles. The van der Waals surface area contributed by atoms with E-state index in [2.05, 4.69) is 10.4 Å². The van der Waals surface area contributed by atoms with Crippen LogP contribution in [0.2, 0.25) is 0 Å². The van der Waals surface area contributed by atoms with Gasteiger partial charge in [0.1, 0.15) is 5.82 Å². The maximum Gasteiger partial charge on any atom is 0.257 e. The molecule has 3 rings (SSSR count). The van der Waals surface area contributed by atoms with Gasteiger partial charge in [0.2, 0.25) is 0 Å². The van der Waals surface area contributed by atoms with Crippen LogP contribution < -0.4 is 11.1 Å². The molecule has 0 saturated carbocycles. The van der Waals surface area contributed by atoms with Crippen molar-refractivity contribution >= 4 is 28.7 Å². The Kier molecular flexibility index (Phi) is 3.22. The molecule has 3 N–H and O–H groups in total. The maximum absolute atomic E-state index is 12.0. The van der Waals surface area contributed by atoms with Gasteiger partial charge in [-0.2, -0.15) is 16.4 Å². The van der Waals surface area contributed by atoms with Crippen molar-refractivity contribution < 1.29 is 4.79 Å². The van der Waals surface area contributed by atoms with Crippen molar-refractivity contribution in [2.75, 3.05) is 11.1 Å². The van der Waals surface area contributed by atoms with Gasteiger partial charge in [-0.25, -0.2) is 4.68 Å². The van der Waals surface area contributed by atoms with Gasteiger partial charge < -0.3 is 11.1 Å². The van der Waals surface area contributed by atoms with Crippen LogP contribution in [0.1, 0.15) is 10.4 Å². The van der Waals surface area contributed by atoms with E-state index in [9.17, 15) is 4.79 Å². The van der Waals surface area contributed by atoms with Crippen molar-refractivity contribution in [1.29, 1.82) is 0 Å². The Balaban J connectivity index is 1.87. The minimum absolute atomic E-state index is 0.150. The molecule has 2 aromatic heterocycles. The van der Waals surface area contributed by atoms with Crippen LogP contribution in [0.3, 0.4) is 0 Å². The first-order valence-corrected chi connectivity index (χ1v) is 6.92. The summed E-state index contributed by atoms with van der Waals surface area (Å²) in [5.74, 6) is 0.467. The van der Waals surface area contributed by atoms with E-state index in [0.29, 0.717) is 17.1 Å². The zero-order valence-electron chi connectivity index (χ0n) is 10.5. The van der Waals surface area contributed by atoms with Gasteiger partial charge in [0.15, 0.2) is 0 Å². The van der Waals surface area contributed by atoms with Crippen molar-refractivity contribution in [1.82, 2.24) is 9.78 Å². The molecule has 0 atom stereocenters. The summed E-state index contributed by atoms with van der Waals surface area (Å²) in [4.78, 5) is 12.0. The van der Waals surface area contributed by atoms with Crippen LogP contribution in [0.4, 0.5) is 11.5 Å². The molecule has 0 spiro atoms. The Morgan fingerprint density at radius 2 is 2.00 bits per heavy atom. The fourth-order valence-electron chi connectivity index (χ4n) is 1.80. The van der Waals surface area contributed by atoms with Gasteiger partial charge in [-0.05, 0) is 35.7 Å². The molecule has 2 heterocycles. The van der Waals surface area contributed by atoms with Crippen LogP contribution >= 0.6 is 11.3 Å². The first kappa shape index (κ1) is 12.4. The lowest BCUT2D eigenvalue weighted by Crippen LogP contribution is -2.14. The molecule has 0 saturated heterocycles. The molecule has 0 fully saturated rings. The van der Waals surface area contributed by atoms with Gasteiger partial charge in [-0.1, -0.05) is 0 Å². The second kappa shape index (κ2) is 5.18. The highest BCUT2D eigenvalue weighted by molar-refractivity contribution is 7.08. The first-order chi connectivity index (χ1) is 9.74. The number of anilines is 2. The van der Waals surface area contributed by atoms with Crippen molar-refractivity contribution in [2.24, 2.45) is 0 Å². The molecule has 0 unspecified atom stereocenters. The molecule has 1 aromatic carbocycles. The summed E-state index contributed by atoms with van der Waals surface area (Å²) in [7, 11) is 0.